The minimum Gasteiger partial charge on any atom is -0.495 e. The lowest BCUT2D eigenvalue weighted by Gasteiger charge is -2.17. The predicted octanol–water partition coefficient (Wildman–Crippen LogP) is 2.27. The van der Waals surface area contributed by atoms with Crippen LogP contribution >= 0.6 is 0 Å². The molecule has 2 N–H and O–H groups in total. The van der Waals surface area contributed by atoms with E-state index in [1.54, 1.807) is 7.11 Å². The highest BCUT2D eigenvalue weighted by Crippen LogP contribution is 2.23. The summed E-state index contributed by atoms with van der Waals surface area (Å²) in [4.78, 5) is 11.8. The van der Waals surface area contributed by atoms with Gasteiger partial charge < -0.3 is 15.4 Å². The SMILES string of the molecule is COc1ccccc1N[C@H](C)C(=O)NCC(C)C. The maximum absolute atomic E-state index is 11.8. The second kappa shape index (κ2) is 6.89. The number of hydrogen-bond donors (Lipinski definition) is 2. The first-order valence-corrected chi connectivity index (χ1v) is 6.22. The summed E-state index contributed by atoms with van der Waals surface area (Å²) in [5.41, 5.74) is 0.826. The molecular weight excluding hydrogens is 228 g/mol. The summed E-state index contributed by atoms with van der Waals surface area (Å²) in [7, 11) is 1.62. The summed E-state index contributed by atoms with van der Waals surface area (Å²) >= 11 is 0. The molecule has 18 heavy (non-hydrogen) atoms. The Morgan fingerprint density at radius 1 is 1.28 bits per heavy atom. The van der Waals surface area contributed by atoms with Crippen molar-refractivity contribution in [3.05, 3.63) is 24.3 Å². The van der Waals surface area contributed by atoms with Crippen molar-refractivity contribution in [1.29, 1.82) is 0 Å². The molecule has 0 aliphatic heterocycles. The van der Waals surface area contributed by atoms with E-state index in [2.05, 4.69) is 24.5 Å². The molecule has 0 aliphatic rings. The largest absolute Gasteiger partial charge is 0.495 e. The summed E-state index contributed by atoms with van der Waals surface area (Å²) < 4.78 is 5.23. The molecule has 1 rings (SSSR count). The van der Waals surface area contributed by atoms with E-state index in [9.17, 15) is 4.79 Å². The van der Waals surface area contributed by atoms with Crippen LogP contribution in [0.1, 0.15) is 20.8 Å². The van der Waals surface area contributed by atoms with Crippen LogP contribution in [0, 0.1) is 5.92 Å². The minimum atomic E-state index is -0.292. The van der Waals surface area contributed by atoms with Crippen LogP contribution in [0.25, 0.3) is 0 Å². The van der Waals surface area contributed by atoms with Gasteiger partial charge in [0.2, 0.25) is 5.91 Å². The van der Waals surface area contributed by atoms with Crippen LogP contribution in [0.5, 0.6) is 5.75 Å². The molecule has 0 radical (unpaired) electrons. The van der Waals surface area contributed by atoms with Crippen LogP contribution in [0.15, 0.2) is 24.3 Å². The molecule has 4 heteroatoms. The van der Waals surface area contributed by atoms with Gasteiger partial charge in [0.15, 0.2) is 0 Å². The number of nitrogens with one attached hydrogen (secondary N) is 2. The van der Waals surface area contributed by atoms with E-state index in [0.717, 1.165) is 11.4 Å². The number of amides is 1. The third-order valence-electron chi connectivity index (χ3n) is 2.56. The van der Waals surface area contributed by atoms with Gasteiger partial charge >= 0.3 is 0 Å². The van der Waals surface area contributed by atoms with Crippen LogP contribution in [0.4, 0.5) is 5.69 Å². The zero-order valence-electron chi connectivity index (χ0n) is 11.5. The molecule has 0 fully saturated rings. The smallest absolute Gasteiger partial charge is 0.242 e. The zero-order chi connectivity index (χ0) is 13.5. The van der Waals surface area contributed by atoms with E-state index in [1.165, 1.54) is 0 Å². The average Bonchev–Trinajstić information content (AvgIpc) is 2.36. The molecule has 100 valence electrons. The summed E-state index contributed by atoms with van der Waals surface area (Å²) in [5.74, 6) is 1.18. The van der Waals surface area contributed by atoms with E-state index < -0.39 is 0 Å². The van der Waals surface area contributed by atoms with Crippen molar-refractivity contribution < 1.29 is 9.53 Å². The fourth-order valence-corrected chi connectivity index (χ4v) is 1.52. The first-order chi connectivity index (χ1) is 8.54. The molecule has 0 unspecified atom stereocenters. The summed E-state index contributed by atoms with van der Waals surface area (Å²) in [5, 5.41) is 6.05. The highest BCUT2D eigenvalue weighted by atomic mass is 16.5. The Morgan fingerprint density at radius 2 is 1.94 bits per heavy atom. The molecule has 0 bridgehead atoms. The molecule has 0 heterocycles. The molecular formula is C14H22N2O2. The van der Waals surface area contributed by atoms with Gasteiger partial charge in [0, 0.05) is 6.54 Å². The van der Waals surface area contributed by atoms with Gasteiger partial charge in [0.05, 0.1) is 12.8 Å². The number of benzene rings is 1. The molecule has 4 nitrogen and oxygen atoms in total. The van der Waals surface area contributed by atoms with Crippen molar-refractivity contribution in [2.24, 2.45) is 5.92 Å². The third-order valence-corrected chi connectivity index (χ3v) is 2.56. The van der Waals surface area contributed by atoms with Gasteiger partial charge in [-0.05, 0) is 25.0 Å². The lowest BCUT2D eigenvalue weighted by molar-refractivity contribution is -0.121. The van der Waals surface area contributed by atoms with Crippen LogP contribution < -0.4 is 15.4 Å². The second-order valence-electron chi connectivity index (χ2n) is 4.71. The van der Waals surface area contributed by atoms with E-state index >= 15 is 0 Å². The number of para-hydroxylation sites is 2. The quantitative estimate of drug-likeness (QED) is 0.814. The molecule has 0 saturated carbocycles. The lowest BCUT2D eigenvalue weighted by atomic mass is 10.2. The molecule has 0 aromatic heterocycles. The second-order valence-corrected chi connectivity index (χ2v) is 4.71. The normalized spacial score (nSPS) is 12.1. The van der Waals surface area contributed by atoms with Crippen molar-refractivity contribution in [2.45, 2.75) is 26.8 Å². The molecule has 0 saturated heterocycles. The van der Waals surface area contributed by atoms with E-state index in [-0.39, 0.29) is 11.9 Å². The van der Waals surface area contributed by atoms with Crippen LogP contribution in [-0.4, -0.2) is 25.6 Å². The van der Waals surface area contributed by atoms with Gasteiger partial charge in [0.1, 0.15) is 11.8 Å². The van der Waals surface area contributed by atoms with Gasteiger partial charge in [-0.1, -0.05) is 26.0 Å². The first kappa shape index (κ1) is 14.4. The van der Waals surface area contributed by atoms with E-state index in [4.69, 9.17) is 4.74 Å². The predicted molar refractivity (Wildman–Crippen MR) is 73.9 cm³/mol. The Hall–Kier alpha value is -1.71. The standard InChI is InChI=1S/C14H22N2O2/c1-10(2)9-15-14(17)11(3)16-12-7-5-6-8-13(12)18-4/h5-8,10-11,16H,9H2,1-4H3,(H,15,17)/t11-/m1/s1. The van der Waals surface area contributed by atoms with Gasteiger partial charge in [-0.15, -0.1) is 0 Å². The van der Waals surface area contributed by atoms with Crippen molar-refractivity contribution >= 4 is 11.6 Å². The van der Waals surface area contributed by atoms with Crippen molar-refractivity contribution in [1.82, 2.24) is 5.32 Å². The fraction of sp³-hybridized carbons (Fsp3) is 0.500. The highest BCUT2D eigenvalue weighted by Gasteiger charge is 2.14. The first-order valence-electron chi connectivity index (χ1n) is 6.22. The highest BCUT2D eigenvalue weighted by molar-refractivity contribution is 5.84. The van der Waals surface area contributed by atoms with E-state index in [1.807, 2.05) is 31.2 Å². The Bertz CT molecular complexity index is 391. The van der Waals surface area contributed by atoms with Gasteiger partial charge in [0.25, 0.3) is 0 Å². The summed E-state index contributed by atoms with van der Waals surface area (Å²) in [6.07, 6.45) is 0. The Morgan fingerprint density at radius 3 is 2.56 bits per heavy atom. The molecule has 0 spiro atoms. The van der Waals surface area contributed by atoms with Crippen LogP contribution in [0.2, 0.25) is 0 Å². The number of methoxy groups -OCH3 is 1. The minimum absolute atomic E-state index is 0.00499. The Kier molecular flexibility index (Phi) is 5.49. The maximum atomic E-state index is 11.8. The van der Waals surface area contributed by atoms with Crippen molar-refractivity contribution in [3.8, 4) is 5.75 Å². The number of anilines is 1. The summed E-state index contributed by atoms with van der Waals surface area (Å²) in [6.45, 7) is 6.66. The molecule has 1 aromatic carbocycles. The third kappa shape index (κ3) is 4.28. The average molecular weight is 250 g/mol. The van der Waals surface area contributed by atoms with Crippen molar-refractivity contribution in [3.63, 3.8) is 0 Å². The topological polar surface area (TPSA) is 50.4 Å². The van der Waals surface area contributed by atoms with Crippen molar-refractivity contribution in [2.75, 3.05) is 19.0 Å². The Balaban J connectivity index is 2.58. The number of rotatable bonds is 6. The number of ether oxygens (including phenoxy) is 1. The molecule has 1 aromatic rings. The van der Waals surface area contributed by atoms with Gasteiger partial charge in [-0.3, -0.25) is 4.79 Å². The van der Waals surface area contributed by atoms with Gasteiger partial charge in [-0.2, -0.15) is 0 Å². The zero-order valence-corrected chi connectivity index (χ0v) is 11.5. The molecule has 1 amide bonds. The number of hydrogen-bond acceptors (Lipinski definition) is 3. The molecule has 1 atom stereocenters. The maximum Gasteiger partial charge on any atom is 0.242 e. The monoisotopic (exact) mass is 250 g/mol. The number of carbonyl (C=O) groups excluding carboxylic acids is 1. The lowest BCUT2D eigenvalue weighted by Crippen LogP contribution is -2.39. The number of carbonyl (C=O) groups is 1. The fourth-order valence-electron chi connectivity index (χ4n) is 1.52. The Labute approximate surface area is 109 Å². The summed E-state index contributed by atoms with van der Waals surface area (Å²) in [6, 6.07) is 7.27. The molecule has 0 aliphatic carbocycles. The van der Waals surface area contributed by atoms with Crippen LogP contribution in [0.3, 0.4) is 0 Å². The van der Waals surface area contributed by atoms with E-state index in [0.29, 0.717) is 12.5 Å². The van der Waals surface area contributed by atoms with Gasteiger partial charge in [-0.25, -0.2) is 0 Å². The van der Waals surface area contributed by atoms with Crippen LogP contribution in [-0.2, 0) is 4.79 Å².